The Bertz CT molecular complexity index is 1270. The minimum absolute atomic E-state index is 0.0988. The highest BCUT2D eigenvalue weighted by Gasteiger charge is 2.35. The Hall–Kier alpha value is -3.78. The summed E-state index contributed by atoms with van der Waals surface area (Å²) in [7, 11) is 0. The fraction of sp³-hybridized carbons (Fsp3) is 0.379. The van der Waals surface area contributed by atoms with Gasteiger partial charge in [-0.2, -0.15) is 9.97 Å². The predicted octanol–water partition coefficient (Wildman–Crippen LogP) is 4.16. The molecule has 1 amide bonds. The van der Waals surface area contributed by atoms with Gasteiger partial charge < -0.3 is 10.5 Å². The fourth-order valence-corrected chi connectivity index (χ4v) is 4.85. The highest BCUT2D eigenvalue weighted by atomic mass is 16.5. The predicted molar refractivity (Wildman–Crippen MR) is 143 cm³/mol. The Kier molecular flexibility index (Phi) is 7.46. The van der Waals surface area contributed by atoms with Gasteiger partial charge in [0.25, 0.3) is 5.91 Å². The van der Waals surface area contributed by atoms with Crippen molar-refractivity contribution < 1.29 is 14.3 Å². The summed E-state index contributed by atoms with van der Waals surface area (Å²) in [6, 6.07) is 16.9. The average molecular weight is 500 g/mol. The van der Waals surface area contributed by atoms with Crippen LogP contribution < -0.4 is 15.4 Å². The molecule has 2 aliphatic rings. The third-order valence-electron chi connectivity index (χ3n) is 6.99. The number of ether oxygens (including phenoxy) is 1. The van der Waals surface area contributed by atoms with Crippen LogP contribution in [0.1, 0.15) is 49.3 Å². The molecule has 0 saturated carbocycles. The average Bonchev–Trinajstić information content (AvgIpc) is 3.42. The minimum Gasteiger partial charge on any atom is -0.463 e. The molecular formula is C29H33N5O3. The number of nitrogens with zero attached hydrogens (tertiary/aromatic N) is 4. The van der Waals surface area contributed by atoms with Gasteiger partial charge in [0.2, 0.25) is 5.78 Å². The first-order valence-corrected chi connectivity index (χ1v) is 13.1. The van der Waals surface area contributed by atoms with Crippen molar-refractivity contribution in [1.29, 1.82) is 0 Å². The molecule has 192 valence electrons. The van der Waals surface area contributed by atoms with Gasteiger partial charge in [0.05, 0.1) is 13.2 Å². The molecule has 1 saturated heterocycles. The Labute approximate surface area is 217 Å². The van der Waals surface area contributed by atoms with Gasteiger partial charge in [-0.05, 0) is 54.6 Å². The second-order valence-corrected chi connectivity index (χ2v) is 9.76. The lowest BCUT2D eigenvalue weighted by Crippen LogP contribution is -2.42. The lowest BCUT2D eigenvalue weighted by Gasteiger charge is -2.28. The van der Waals surface area contributed by atoms with E-state index >= 15 is 0 Å². The number of fused-ring (bicyclic) bond motifs is 1. The Balaban J connectivity index is 1.32. The van der Waals surface area contributed by atoms with Crippen molar-refractivity contribution in [1.82, 2.24) is 14.9 Å². The molecule has 0 spiro atoms. The van der Waals surface area contributed by atoms with Gasteiger partial charge in [-0.3, -0.25) is 19.4 Å². The van der Waals surface area contributed by atoms with E-state index in [0.29, 0.717) is 18.0 Å². The standard InChI is InChI=1S/C29H33N5O3/c1-2-3-16-37-29-31-26(30)24-17-25(35)28(36)34(27(24)32-29)19-21-8-12-23(13-9-21)22-10-6-20(7-11-22)18-33-14-4-5-15-33/h6-13H,2-5,14-19H2,1H3,(H2,30,31,32). The number of ketones is 1. The number of hydrogen-bond donors (Lipinski definition) is 1. The number of anilines is 2. The maximum Gasteiger partial charge on any atom is 0.320 e. The molecule has 0 unspecified atom stereocenters. The van der Waals surface area contributed by atoms with Crippen LogP contribution in [0.5, 0.6) is 6.01 Å². The van der Waals surface area contributed by atoms with E-state index in [1.54, 1.807) is 0 Å². The zero-order valence-corrected chi connectivity index (χ0v) is 21.3. The summed E-state index contributed by atoms with van der Waals surface area (Å²) in [6.07, 6.45) is 4.31. The quantitative estimate of drug-likeness (QED) is 0.348. The summed E-state index contributed by atoms with van der Waals surface area (Å²) in [4.78, 5) is 37.8. The third-order valence-corrected chi connectivity index (χ3v) is 6.99. The van der Waals surface area contributed by atoms with E-state index in [-0.39, 0.29) is 24.8 Å². The van der Waals surface area contributed by atoms with Gasteiger partial charge in [-0.15, -0.1) is 0 Å². The summed E-state index contributed by atoms with van der Waals surface area (Å²) in [5, 5.41) is 0. The second-order valence-electron chi connectivity index (χ2n) is 9.76. The van der Waals surface area contributed by atoms with E-state index in [9.17, 15) is 9.59 Å². The summed E-state index contributed by atoms with van der Waals surface area (Å²) in [5.41, 5.74) is 11.0. The molecule has 8 nitrogen and oxygen atoms in total. The number of amides is 1. The fourth-order valence-electron chi connectivity index (χ4n) is 4.85. The van der Waals surface area contributed by atoms with Gasteiger partial charge in [0.15, 0.2) is 0 Å². The van der Waals surface area contributed by atoms with Crippen LogP contribution in [0.3, 0.4) is 0 Å². The van der Waals surface area contributed by atoms with E-state index in [0.717, 1.165) is 36.1 Å². The van der Waals surface area contributed by atoms with Crippen molar-refractivity contribution in [3.8, 4) is 17.1 Å². The molecule has 2 aliphatic heterocycles. The van der Waals surface area contributed by atoms with E-state index in [2.05, 4.69) is 46.1 Å². The number of likely N-dealkylation sites (tertiary alicyclic amines) is 1. The molecule has 3 heterocycles. The number of carbonyl (C=O) groups is 2. The van der Waals surface area contributed by atoms with Gasteiger partial charge in [-0.1, -0.05) is 61.9 Å². The molecule has 0 bridgehead atoms. The molecule has 2 N–H and O–H groups in total. The number of aromatic nitrogens is 2. The Morgan fingerprint density at radius 2 is 1.51 bits per heavy atom. The third kappa shape index (κ3) is 5.64. The van der Waals surface area contributed by atoms with E-state index in [1.807, 2.05) is 24.3 Å². The first-order valence-electron chi connectivity index (χ1n) is 13.1. The first kappa shape index (κ1) is 24.9. The minimum atomic E-state index is -0.595. The summed E-state index contributed by atoms with van der Waals surface area (Å²) in [6.45, 7) is 6.10. The van der Waals surface area contributed by atoms with Crippen molar-refractivity contribution >= 4 is 23.3 Å². The number of Topliss-reactive ketones (excluding diaryl/α,β-unsaturated/α-hetero) is 1. The number of hydrogen-bond acceptors (Lipinski definition) is 7. The maximum atomic E-state index is 12.9. The normalized spacial score (nSPS) is 15.8. The van der Waals surface area contributed by atoms with E-state index in [1.165, 1.54) is 36.4 Å². The number of benzene rings is 2. The van der Waals surface area contributed by atoms with Crippen LogP contribution in [0.25, 0.3) is 11.1 Å². The van der Waals surface area contributed by atoms with E-state index in [4.69, 9.17) is 10.5 Å². The van der Waals surface area contributed by atoms with Gasteiger partial charge >= 0.3 is 6.01 Å². The lowest BCUT2D eigenvalue weighted by molar-refractivity contribution is -0.136. The smallest absolute Gasteiger partial charge is 0.320 e. The van der Waals surface area contributed by atoms with Crippen LogP contribution in [0.4, 0.5) is 11.6 Å². The van der Waals surface area contributed by atoms with Gasteiger partial charge in [-0.25, -0.2) is 0 Å². The second kappa shape index (κ2) is 11.1. The van der Waals surface area contributed by atoms with Crippen molar-refractivity contribution in [2.75, 3.05) is 30.3 Å². The number of rotatable bonds is 9. The van der Waals surface area contributed by atoms with Crippen LogP contribution in [0.15, 0.2) is 48.5 Å². The lowest BCUT2D eigenvalue weighted by atomic mass is 10.0. The summed E-state index contributed by atoms with van der Waals surface area (Å²) < 4.78 is 5.64. The zero-order valence-electron chi connectivity index (χ0n) is 21.3. The molecule has 1 aromatic heterocycles. The van der Waals surface area contributed by atoms with Crippen molar-refractivity contribution in [2.24, 2.45) is 0 Å². The number of nitrogens with two attached hydrogens (primary N) is 1. The molecule has 0 atom stereocenters. The van der Waals surface area contributed by atoms with Crippen LogP contribution >= 0.6 is 0 Å². The topological polar surface area (TPSA) is 102 Å². The van der Waals surface area contributed by atoms with Crippen molar-refractivity contribution in [3.63, 3.8) is 0 Å². The molecule has 8 heteroatoms. The maximum absolute atomic E-state index is 12.9. The molecule has 3 aromatic rings. The molecule has 0 radical (unpaired) electrons. The largest absolute Gasteiger partial charge is 0.463 e. The Morgan fingerprint density at radius 1 is 0.892 bits per heavy atom. The molecule has 37 heavy (non-hydrogen) atoms. The zero-order chi connectivity index (χ0) is 25.8. The van der Waals surface area contributed by atoms with Crippen molar-refractivity contribution in [3.05, 3.63) is 65.2 Å². The highest BCUT2D eigenvalue weighted by Crippen LogP contribution is 2.31. The Morgan fingerprint density at radius 3 is 2.14 bits per heavy atom. The van der Waals surface area contributed by atoms with E-state index < -0.39 is 11.7 Å². The molecule has 0 aliphatic carbocycles. The van der Waals surface area contributed by atoms with Crippen molar-refractivity contribution in [2.45, 2.75) is 52.1 Å². The van der Waals surface area contributed by atoms with Gasteiger partial charge in [0.1, 0.15) is 11.6 Å². The van der Waals surface area contributed by atoms with Crippen LogP contribution in [0, 0.1) is 0 Å². The van der Waals surface area contributed by atoms with Gasteiger partial charge in [0, 0.05) is 18.5 Å². The molecule has 5 rings (SSSR count). The number of nitrogen functional groups attached to an aromatic ring is 1. The first-order chi connectivity index (χ1) is 18.0. The SMILES string of the molecule is CCCCOc1nc(N)c2c(n1)N(Cc1ccc(-c3ccc(CN4CCCC4)cc3)cc1)C(=O)C(=O)C2. The monoisotopic (exact) mass is 499 g/mol. The number of unbranched alkanes of at least 4 members (excludes halogenated alkanes) is 1. The summed E-state index contributed by atoms with van der Waals surface area (Å²) >= 11 is 0. The van der Waals surface area contributed by atoms with Crippen LogP contribution in [0.2, 0.25) is 0 Å². The summed E-state index contributed by atoms with van der Waals surface area (Å²) in [5.74, 6) is -0.594. The molecule has 1 fully saturated rings. The molecular weight excluding hydrogens is 466 g/mol. The van der Waals surface area contributed by atoms with Crippen LogP contribution in [-0.4, -0.2) is 46.3 Å². The highest BCUT2D eigenvalue weighted by molar-refractivity contribution is 6.43. The van der Waals surface area contributed by atoms with Crippen LogP contribution in [-0.2, 0) is 29.1 Å². The molecule has 2 aromatic carbocycles. The number of carbonyl (C=O) groups excluding carboxylic acids is 2.